The third kappa shape index (κ3) is 2.80. The molecule has 0 aromatic heterocycles. The number of hydrogen-bond donors (Lipinski definition) is 0. The average Bonchev–Trinajstić information content (AvgIpc) is 2.83. The minimum atomic E-state index is 0.259. The predicted molar refractivity (Wildman–Crippen MR) is 77.8 cm³/mol. The van der Waals surface area contributed by atoms with Crippen LogP contribution in [0.2, 0.25) is 0 Å². The molecule has 1 aromatic carbocycles. The topological polar surface area (TPSA) is 32.8 Å². The SMILES string of the molecule is CCN1CCCN(Cc2ccc3c(c2)CCO3)CC1=O. The third-order valence-corrected chi connectivity index (χ3v) is 4.16. The van der Waals surface area contributed by atoms with Crippen molar-refractivity contribution >= 4 is 5.91 Å². The second-order valence-electron chi connectivity index (χ2n) is 5.58. The molecule has 0 N–H and O–H groups in total. The van der Waals surface area contributed by atoms with Gasteiger partial charge in [0.15, 0.2) is 0 Å². The van der Waals surface area contributed by atoms with E-state index >= 15 is 0 Å². The van der Waals surface area contributed by atoms with E-state index in [4.69, 9.17) is 4.74 Å². The molecule has 0 atom stereocenters. The Morgan fingerprint density at radius 3 is 3.05 bits per heavy atom. The van der Waals surface area contributed by atoms with Crippen LogP contribution in [0.15, 0.2) is 18.2 Å². The number of ether oxygens (including phenoxy) is 1. The van der Waals surface area contributed by atoms with E-state index in [2.05, 4.69) is 23.1 Å². The Morgan fingerprint density at radius 1 is 1.30 bits per heavy atom. The van der Waals surface area contributed by atoms with Gasteiger partial charge in [-0.1, -0.05) is 12.1 Å². The summed E-state index contributed by atoms with van der Waals surface area (Å²) >= 11 is 0. The van der Waals surface area contributed by atoms with Crippen molar-refractivity contribution in [3.63, 3.8) is 0 Å². The first-order chi connectivity index (χ1) is 9.76. The highest BCUT2D eigenvalue weighted by atomic mass is 16.5. The van der Waals surface area contributed by atoms with Gasteiger partial charge in [-0.2, -0.15) is 0 Å². The van der Waals surface area contributed by atoms with Gasteiger partial charge < -0.3 is 9.64 Å². The van der Waals surface area contributed by atoms with Crippen molar-refractivity contribution in [2.75, 3.05) is 32.8 Å². The van der Waals surface area contributed by atoms with Gasteiger partial charge in [-0.05, 0) is 30.5 Å². The van der Waals surface area contributed by atoms with Crippen molar-refractivity contribution in [1.29, 1.82) is 0 Å². The Labute approximate surface area is 120 Å². The number of carbonyl (C=O) groups is 1. The van der Waals surface area contributed by atoms with Gasteiger partial charge in [-0.25, -0.2) is 0 Å². The van der Waals surface area contributed by atoms with Gasteiger partial charge in [-0.3, -0.25) is 9.69 Å². The Hall–Kier alpha value is -1.55. The second-order valence-corrected chi connectivity index (χ2v) is 5.58. The number of amides is 1. The second kappa shape index (κ2) is 5.83. The molecule has 1 amide bonds. The Morgan fingerprint density at radius 2 is 2.20 bits per heavy atom. The van der Waals surface area contributed by atoms with Crippen LogP contribution in [0.1, 0.15) is 24.5 Å². The van der Waals surface area contributed by atoms with Gasteiger partial charge in [0.2, 0.25) is 5.91 Å². The highest BCUT2D eigenvalue weighted by Gasteiger charge is 2.21. The fourth-order valence-corrected chi connectivity index (χ4v) is 3.05. The van der Waals surface area contributed by atoms with Crippen LogP contribution in [0.25, 0.3) is 0 Å². The molecule has 0 spiro atoms. The van der Waals surface area contributed by atoms with Crippen LogP contribution in [-0.4, -0.2) is 48.5 Å². The fraction of sp³-hybridized carbons (Fsp3) is 0.562. The molecule has 4 nitrogen and oxygen atoms in total. The maximum Gasteiger partial charge on any atom is 0.236 e. The molecule has 1 fully saturated rings. The van der Waals surface area contributed by atoms with Gasteiger partial charge in [0.25, 0.3) is 0 Å². The van der Waals surface area contributed by atoms with Crippen molar-refractivity contribution < 1.29 is 9.53 Å². The number of nitrogens with zero attached hydrogens (tertiary/aromatic N) is 2. The lowest BCUT2D eigenvalue weighted by atomic mass is 10.1. The summed E-state index contributed by atoms with van der Waals surface area (Å²) < 4.78 is 5.53. The summed E-state index contributed by atoms with van der Waals surface area (Å²) in [7, 11) is 0. The standard InChI is InChI=1S/C16H22N2O2/c1-2-18-8-3-7-17(12-16(18)19)11-13-4-5-15-14(10-13)6-9-20-15/h4-5,10H,2-3,6-9,11-12H2,1H3. The number of carbonyl (C=O) groups excluding carboxylic acids is 1. The Balaban J connectivity index is 1.67. The van der Waals surface area contributed by atoms with Crippen LogP contribution in [0.3, 0.4) is 0 Å². The molecule has 20 heavy (non-hydrogen) atoms. The summed E-state index contributed by atoms with van der Waals surface area (Å²) in [5.41, 5.74) is 2.59. The van der Waals surface area contributed by atoms with Crippen LogP contribution < -0.4 is 4.74 Å². The summed E-state index contributed by atoms with van der Waals surface area (Å²) in [4.78, 5) is 16.3. The van der Waals surface area contributed by atoms with E-state index < -0.39 is 0 Å². The Kier molecular flexibility index (Phi) is 3.92. The van der Waals surface area contributed by atoms with E-state index in [0.29, 0.717) is 6.54 Å². The first kappa shape index (κ1) is 13.4. The smallest absolute Gasteiger partial charge is 0.236 e. The van der Waals surface area contributed by atoms with E-state index in [1.165, 1.54) is 11.1 Å². The molecular formula is C16H22N2O2. The zero-order chi connectivity index (χ0) is 13.9. The molecule has 2 aliphatic rings. The molecule has 0 unspecified atom stereocenters. The molecule has 2 heterocycles. The van der Waals surface area contributed by atoms with Gasteiger partial charge in [0.1, 0.15) is 5.75 Å². The van der Waals surface area contributed by atoms with Gasteiger partial charge in [0, 0.05) is 32.6 Å². The molecule has 0 bridgehead atoms. The molecule has 108 valence electrons. The normalized spacial score (nSPS) is 19.6. The maximum atomic E-state index is 12.1. The molecule has 0 aliphatic carbocycles. The number of likely N-dealkylation sites (N-methyl/N-ethyl adjacent to an activating group) is 1. The maximum absolute atomic E-state index is 12.1. The number of hydrogen-bond acceptors (Lipinski definition) is 3. The number of benzene rings is 1. The van der Waals surface area contributed by atoms with Gasteiger partial charge in [-0.15, -0.1) is 0 Å². The summed E-state index contributed by atoms with van der Waals surface area (Å²) in [5.74, 6) is 1.28. The predicted octanol–water partition coefficient (Wildman–Crippen LogP) is 1.68. The minimum Gasteiger partial charge on any atom is -0.493 e. The molecular weight excluding hydrogens is 252 g/mol. The van der Waals surface area contributed by atoms with Gasteiger partial charge in [0.05, 0.1) is 13.2 Å². The van der Waals surface area contributed by atoms with E-state index in [1.54, 1.807) is 0 Å². The molecule has 2 aliphatic heterocycles. The molecule has 1 aromatic rings. The van der Waals surface area contributed by atoms with Crippen molar-refractivity contribution in [2.45, 2.75) is 26.3 Å². The number of rotatable bonds is 3. The lowest BCUT2D eigenvalue weighted by Gasteiger charge is -2.20. The van der Waals surface area contributed by atoms with Crippen molar-refractivity contribution in [3.8, 4) is 5.75 Å². The quantitative estimate of drug-likeness (QED) is 0.840. The summed E-state index contributed by atoms with van der Waals surface area (Å²) in [6.45, 7) is 6.96. The summed E-state index contributed by atoms with van der Waals surface area (Å²) in [5, 5.41) is 0. The van der Waals surface area contributed by atoms with E-state index in [9.17, 15) is 4.79 Å². The van der Waals surface area contributed by atoms with Crippen molar-refractivity contribution in [3.05, 3.63) is 29.3 Å². The van der Waals surface area contributed by atoms with Crippen molar-refractivity contribution in [1.82, 2.24) is 9.80 Å². The van der Waals surface area contributed by atoms with E-state index in [-0.39, 0.29) is 5.91 Å². The first-order valence-corrected chi connectivity index (χ1v) is 7.51. The molecule has 3 rings (SSSR count). The largest absolute Gasteiger partial charge is 0.493 e. The first-order valence-electron chi connectivity index (χ1n) is 7.51. The highest BCUT2D eigenvalue weighted by molar-refractivity contribution is 5.78. The summed E-state index contributed by atoms with van der Waals surface area (Å²) in [6.07, 6.45) is 2.07. The van der Waals surface area contributed by atoms with Crippen LogP contribution in [0.5, 0.6) is 5.75 Å². The molecule has 1 saturated heterocycles. The molecule has 0 radical (unpaired) electrons. The lowest BCUT2D eigenvalue weighted by Crippen LogP contribution is -2.36. The molecule has 4 heteroatoms. The van der Waals surface area contributed by atoms with Crippen LogP contribution in [-0.2, 0) is 17.8 Å². The average molecular weight is 274 g/mol. The van der Waals surface area contributed by atoms with E-state index in [1.807, 2.05) is 11.8 Å². The zero-order valence-electron chi connectivity index (χ0n) is 12.1. The molecule has 0 saturated carbocycles. The van der Waals surface area contributed by atoms with Crippen molar-refractivity contribution in [2.24, 2.45) is 0 Å². The lowest BCUT2D eigenvalue weighted by molar-refractivity contribution is -0.131. The minimum absolute atomic E-state index is 0.259. The third-order valence-electron chi connectivity index (χ3n) is 4.16. The van der Waals surface area contributed by atoms with Gasteiger partial charge >= 0.3 is 0 Å². The van der Waals surface area contributed by atoms with E-state index in [0.717, 1.165) is 51.4 Å². The fourth-order valence-electron chi connectivity index (χ4n) is 3.05. The highest BCUT2D eigenvalue weighted by Crippen LogP contribution is 2.26. The number of fused-ring (bicyclic) bond motifs is 1. The van der Waals surface area contributed by atoms with Crippen LogP contribution >= 0.6 is 0 Å². The van der Waals surface area contributed by atoms with Crippen LogP contribution in [0, 0.1) is 0 Å². The Bertz CT molecular complexity index is 501. The summed E-state index contributed by atoms with van der Waals surface area (Å²) in [6, 6.07) is 6.42. The zero-order valence-corrected chi connectivity index (χ0v) is 12.1. The monoisotopic (exact) mass is 274 g/mol. The van der Waals surface area contributed by atoms with Crippen LogP contribution in [0.4, 0.5) is 0 Å².